The van der Waals surface area contributed by atoms with E-state index in [-0.39, 0.29) is 6.10 Å². The second-order valence-corrected chi connectivity index (χ2v) is 2.28. The Balaban J connectivity index is 3.25. The summed E-state index contributed by atoms with van der Waals surface area (Å²) in [5.41, 5.74) is 0. The molecule has 0 saturated heterocycles. The molecule has 0 aromatic heterocycles. The van der Waals surface area contributed by atoms with Gasteiger partial charge in [-0.2, -0.15) is 0 Å². The van der Waals surface area contributed by atoms with Gasteiger partial charge < -0.3 is 4.84 Å². The smallest absolute Gasteiger partial charge is 0.294 e. The molecule has 60 valence electrons. The Morgan fingerprint density at radius 3 is 2.70 bits per heavy atom. The first-order valence-corrected chi connectivity index (χ1v) is 3.48. The third kappa shape index (κ3) is 5.34. The van der Waals surface area contributed by atoms with E-state index in [0.29, 0.717) is 0 Å². The van der Waals surface area contributed by atoms with Crippen molar-refractivity contribution >= 4 is 0 Å². The molecule has 0 aliphatic rings. The van der Waals surface area contributed by atoms with Crippen LogP contribution in [-0.4, -0.2) is 11.2 Å². The van der Waals surface area contributed by atoms with Crippen molar-refractivity contribution in [3.63, 3.8) is 0 Å². The van der Waals surface area contributed by atoms with Gasteiger partial charge in [0.1, 0.15) is 6.10 Å². The van der Waals surface area contributed by atoms with Gasteiger partial charge in [0.05, 0.1) is 0 Å². The van der Waals surface area contributed by atoms with Crippen LogP contribution in [0.4, 0.5) is 0 Å². The predicted octanol–water partition coefficient (Wildman–Crippen LogP) is 1.77. The minimum atomic E-state index is -0.736. The number of unbranched alkanes of at least 4 members (excludes halogenated alkanes) is 1. The first-order valence-electron chi connectivity index (χ1n) is 3.48. The maximum absolute atomic E-state index is 9.76. The van der Waals surface area contributed by atoms with Gasteiger partial charge in [-0.3, -0.25) is 0 Å². The Hall–Kier alpha value is -0.800. The zero-order valence-corrected chi connectivity index (χ0v) is 6.37. The van der Waals surface area contributed by atoms with Crippen LogP contribution in [-0.2, 0) is 4.84 Å². The Labute approximate surface area is 60.3 Å². The van der Waals surface area contributed by atoms with Crippen LogP contribution in [0.15, 0.2) is 0 Å². The molecule has 1 atom stereocenters. The molecule has 0 saturated carbocycles. The van der Waals surface area contributed by atoms with Crippen molar-refractivity contribution in [3.05, 3.63) is 10.1 Å². The van der Waals surface area contributed by atoms with Crippen molar-refractivity contribution in [1.29, 1.82) is 0 Å². The molecule has 0 rings (SSSR count). The lowest BCUT2D eigenvalue weighted by Crippen LogP contribution is -2.12. The van der Waals surface area contributed by atoms with E-state index in [0.717, 1.165) is 19.3 Å². The highest BCUT2D eigenvalue weighted by Gasteiger charge is 2.04. The molecule has 0 amide bonds. The zero-order valence-electron chi connectivity index (χ0n) is 6.37. The van der Waals surface area contributed by atoms with Gasteiger partial charge in [0.2, 0.25) is 0 Å². The summed E-state index contributed by atoms with van der Waals surface area (Å²) in [6.45, 7) is 3.75. The van der Waals surface area contributed by atoms with Crippen LogP contribution >= 0.6 is 0 Å². The van der Waals surface area contributed by atoms with Gasteiger partial charge in [-0.05, 0) is 13.3 Å². The average Bonchev–Trinajstić information content (AvgIpc) is 1.82. The van der Waals surface area contributed by atoms with Crippen LogP contribution in [0.5, 0.6) is 0 Å². The van der Waals surface area contributed by atoms with Crippen LogP contribution in [0.1, 0.15) is 33.1 Å². The number of nitrogens with zero attached hydrogens (tertiary/aromatic N) is 1. The highest BCUT2D eigenvalue weighted by atomic mass is 17.0. The highest BCUT2D eigenvalue weighted by molar-refractivity contribution is 4.45. The fraction of sp³-hybridized carbons (Fsp3) is 1.00. The Kier molecular flexibility index (Phi) is 4.62. The Morgan fingerprint density at radius 1 is 1.70 bits per heavy atom. The first-order chi connectivity index (χ1) is 4.66. The maximum atomic E-state index is 9.76. The summed E-state index contributed by atoms with van der Waals surface area (Å²) in [5, 5.41) is 9.02. The van der Waals surface area contributed by atoms with Crippen LogP contribution in [0, 0.1) is 10.1 Å². The monoisotopic (exact) mass is 147 g/mol. The summed E-state index contributed by atoms with van der Waals surface area (Å²) >= 11 is 0. The lowest BCUT2D eigenvalue weighted by atomic mass is 10.2. The minimum Gasteiger partial charge on any atom is -0.311 e. The molecule has 0 heterocycles. The molecule has 10 heavy (non-hydrogen) atoms. The first kappa shape index (κ1) is 9.20. The van der Waals surface area contributed by atoms with E-state index in [9.17, 15) is 10.1 Å². The molecular weight excluding hydrogens is 134 g/mol. The largest absolute Gasteiger partial charge is 0.311 e. The van der Waals surface area contributed by atoms with Crippen molar-refractivity contribution in [1.82, 2.24) is 0 Å². The second-order valence-electron chi connectivity index (χ2n) is 2.28. The summed E-state index contributed by atoms with van der Waals surface area (Å²) in [6.07, 6.45) is 2.53. The normalized spacial score (nSPS) is 12.6. The molecule has 4 heteroatoms. The molecule has 4 nitrogen and oxygen atoms in total. The molecule has 0 bridgehead atoms. The number of hydrogen-bond acceptors (Lipinski definition) is 3. The molecule has 0 aliphatic heterocycles. The molecule has 0 aliphatic carbocycles. The Morgan fingerprint density at radius 2 is 2.30 bits per heavy atom. The fourth-order valence-electron chi connectivity index (χ4n) is 0.691. The summed E-state index contributed by atoms with van der Waals surface area (Å²) in [7, 11) is 0. The van der Waals surface area contributed by atoms with Crippen molar-refractivity contribution in [2.45, 2.75) is 39.2 Å². The topological polar surface area (TPSA) is 52.4 Å². The molecule has 0 aromatic carbocycles. The summed E-state index contributed by atoms with van der Waals surface area (Å²) in [6, 6.07) is 0. The number of hydrogen-bond donors (Lipinski definition) is 0. The van der Waals surface area contributed by atoms with E-state index in [2.05, 4.69) is 4.84 Å². The molecule has 0 aromatic rings. The van der Waals surface area contributed by atoms with Gasteiger partial charge in [0.25, 0.3) is 5.09 Å². The lowest BCUT2D eigenvalue weighted by molar-refractivity contribution is -0.767. The van der Waals surface area contributed by atoms with Gasteiger partial charge in [-0.1, -0.05) is 19.8 Å². The minimum absolute atomic E-state index is 0.255. The van der Waals surface area contributed by atoms with Crippen molar-refractivity contribution < 1.29 is 9.92 Å². The van der Waals surface area contributed by atoms with Crippen LogP contribution in [0.2, 0.25) is 0 Å². The van der Waals surface area contributed by atoms with E-state index >= 15 is 0 Å². The average molecular weight is 147 g/mol. The Bertz CT molecular complexity index is 105. The highest BCUT2D eigenvalue weighted by Crippen LogP contribution is 2.02. The van der Waals surface area contributed by atoms with Crippen LogP contribution in [0.3, 0.4) is 0 Å². The van der Waals surface area contributed by atoms with Gasteiger partial charge in [-0.25, -0.2) is 0 Å². The quantitative estimate of drug-likeness (QED) is 0.440. The third-order valence-corrected chi connectivity index (χ3v) is 1.23. The summed E-state index contributed by atoms with van der Waals surface area (Å²) in [5.74, 6) is 0. The van der Waals surface area contributed by atoms with Crippen LogP contribution < -0.4 is 0 Å². The van der Waals surface area contributed by atoms with Crippen molar-refractivity contribution in [3.8, 4) is 0 Å². The molecule has 0 unspecified atom stereocenters. The zero-order chi connectivity index (χ0) is 7.98. The van der Waals surface area contributed by atoms with Gasteiger partial charge in [-0.15, -0.1) is 10.1 Å². The van der Waals surface area contributed by atoms with Gasteiger partial charge >= 0.3 is 0 Å². The summed E-state index contributed by atoms with van der Waals surface area (Å²) < 4.78 is 0. The van der Waals surface area contributed by atoms with E-state index in [1.807, 2.05) is 6.92 Å². The molecule has 0 radical (unpaired) electrons. The van der Waals surface area contributed by atoms with Crippen LogP contribution in [0.25, 0.3) is 0 Å². The SMILES string of the molecule is CCCC[C@H](C)O[N+](=O)[O-]. The van der Waals surface area contributed by atoms with Crippen molar-refractivity contribution in [2.75, 3.05) is 0 Å². The summed E-state index contributed by atoms with van der Waals surface area (Å²) in [4.78, 5) is 14.0. The molecular formula is C6H13NO3. The van der Waals surface area contributed by atoms with Gasteiger partial charge in [0.15, 0.2) is 0 Å². The van der Waals surface area contributed by atoms with E-state index in [4.69, 9.17) is 0 Å². The standard InChI is InChI=1S/C6H13NO3/c1-3-4-5-6(2)10-7(8)9/h6H,3-5H2,1-2H3/t6-/m0/s1. The fourth-order valence-corrected chi connectivity index (χ4v) is 0.691. The third-order valence-electron chi connectivity index (χ3n) is 1.23. The van der Waals surface area contributed by atoms with E-state index in [1.165, 1.54) is 0 Å². The maximum Gasteiger partial charge on any atom is 0.294 e. The molecule has 0 N–H and O–H groups in total. The van der Waals surface area contributed by atoms with Crippen molar-refractivity contribution in [2.24, 2.45) is 0 Å². The molecule has 0 spiro atoms. The lowest BCUT2D eigenvalue weighted by Gasteiger charge is -2.06. The molecule has 0 fully saturated rings. The van der Waals surface area contributed by atoms with E-state index < -0.39 is 5.09 Å². The van der Waals surface area contributed by atoms with Gasteiger partial charge in [0, 0.05) is 0 Å². The second kappa shape index (κ2) is 5.02. The number of rotatable bonds is 5. The van der Waals surface area contributed by atoms with E-state index in [1.54, 1.807) is 6.92 Å². The predicted molar refractivity (Wildman–Crippen MR) is 37.1 cm³/mol.